The molecule has 2 fully saturated rings. The number of allylic oxidation sites excluding steroid dienone is 1. The quantitative estimate of drug-likeness (QED) is 0.214. The summed E-state index contributed by atoms with van der Waals surface area (Å²) in [5.74, 6) is -3.82. The summed E-state index contributed by atoms with van der Waals surface area (Å²) in [6, 6.07) is -0.268. The summed E-state index contributed by atoms with van der Waals surface area (Å²) in [6.45, 7) is 18.7. The van der Waals surface area contributed by atoms with Crippen LogP contribution in [0, 0.1) is 17.8 Å². The molecule has 12 atom stereocenters. The van der Waals surface area contributed by atoms with Gasteiger partial charge in [-0.1, -0.05) is 26.8 Å². The molecule has 11 nitrogen and oxygen atoms in total. The summed E-state index contributed by atoms with van der Waals surface area (Å²) in [4.78, 5) is 44.0. The number of esters is 1. The number of hydrogen-bond acceptors (Lipinski definition) is 11. The fourth-order valence-electron chi connectivity index (χ4n) is 7.68. The van der Waals surface area contributed by atoms with Crippen LogP contribution < -0.4 is 0 Å². The highest BCUT2D eigenvalue weighted by Gasteiger charge is 2.53. The zero-order valence-electron chi connectivity index (χ0n) is 30.4. The van der Waals surface area contributed by atoms with Gasteiger partial charge in [0.05, 0.1) is 17.8 Å². The summed E-state index contributed by atoms with van der Waals surface area (Å²) >= 11 is 0. The van der Waals surface area contributed by atoms with E-state index in [0.29, 0.717) is 37.0 Å². The van der Waals surface area contributed by atoms with Crippen molar-refractivity contribution in [3.05, 3.63) is 23.8 Å². The topological polar surface area (TPSA) is 130 Å². The lowest BCUT2D eigenvalue weighted by Crippen LogP contribution is -2.59. The third-order valence-electron chi connectivity index (χ3n) is 10.7. The van der Waals surface area contributed by atoms with Crippen LogP contribution in [-0.4, -0.2) is 110 Å². The van der Waals surface area contributed by atoms with Crippen molar-refractivity contribution >= 4 is 17.5 Å². The number of carbonyl (C=O) groups excluding carboxylic acids is 3. The van der Waals surface area contributed by atoms with Gasteiger partial charge in [-0.05, 0) is 78.5 Å². The van der Waals surface area contributed by atoms with Crippen molar-refractivity contribution < 1.29 is 47.9 Å². The van der Waals surface area contributed by atoms with E-state index in [0.717, 1.165) is 6.42 Å². The van der Waals surface area contributed by atoms with E-state index in [4.69, 9.17) is 28.4 Å². The number of rotatable bonds is 9. The van der Waals surface area contributed by atoms with Crippen LogP contribution in [-0.2, 0) is 42.8 Å². The number of ketones is 2. The van der Waals surface area contributed by atoms with Crippen LogP contribution in [0.2, 0.25) is 0 Å². The molecular formula is C36H59NO10. The van der Waals surface area contributed by atoms with E-state index in [1.54, 1.807) is 20.8 Å². The summed E-state index contributed by atoms with van der Waals surface area (Å²) in [6.07, 6.45) is -0.673. The highest BCUT2D eigenvalue weighted by atomic mass is 16.7. The Morgan fingerprint density at radius 2 is 1.79 bits per heavy atom. The van der Waals surface area contributed by atoms with Crippen molar-refractivity contribution in [2.45, 2.75) is 142 Å². The van der Waals surface area contributed by atoms with Crippen LogP contribution in [0.15, 0.2) is 23.8 Å². The monoisotopic (exact) mass is 665 g/mol. The van der Waals surface area contributed by atoms with Gasteiger partial charge in [-0.25, -0.2) is 0 Å². The fraction of sp³-hybridized carbons (Fsp3) is 0.806. The average molecular weight is 666 g/mol. The summed E-state index contributed by atoms with van der Waals surface area (Å²) in [5, 5.41) is 11.6. The SMILES string of the molecule is C=CCCN(C)[C@H]1C[C@@H](C)O[C@@H](O[C@@H]2[C@@H](C)C(=O)[C@@H](C)C(=O)O[C@H](CC)[C@@]3(C)OC(OC)C/C3=C(/C)C(=O)[C@H](C)C[C@@]2(C)OC)[C@@H]1O. The van der Waals surface area contributed by atoms with Gasteiger partial charge in [0.25, 0.3) is 0 Å². The second-order valence-electron chi connectivity index (χ2n) is 14.2. The van der Waals surface area contributed by atoms with Gasteiger partial charge >= 0.3 is 5.97 Å². The van der Waals surface area contributed by atoms with Crippen molar-refractivity contribution in [1.29, 1.82) is 0 Å². The first-order valence-corrected chi connectivity index (χ1v) is 17.0. The summed E-state index contributed by atoms with van der Waals surface area (Å²) in [5.41, 5.74) is -1.10. The number of aliphatic hydroxyl groups excluding tert-OH is 1. The first-order chi connectivity index (χ1) is 22.0. The first-order valence-electron chi connectivity index (χ1n) is 17.0. The second kappa shape index (κ2) is 16.1. The van der Waals surface area contributed by atoms with Crippen molar-refractivity contribution in [1.82, 2.24) is 4.90 Å². The molecule has 268 valence electrons. The number of nitrogens with zero attached hydrogens (tertiary/aromatic N) is 1. The second-order valence-corrected chi connectivity index (χ2v) is 14.2. The fourth-order valence-corrected chi connectivity index (χ4v) is 7.68. The van der Waals surface area contributed by atoms with Gasteiger partial charge < -0.3 is 38.4 Å². The molecule has 11 heteroatoms. The predicted molar refractivity (Wildman–Crippen MR) is 176 cm³/mol. The standard InChI is InChI=1S/C36H59NO10/c1-13-15-16-37(10)26-17-21(4)44-34(31(26)40)46-32-23(6)30(39)24(7)33(41)45-27(14-2)36(9)25(18-28(42-11)47-36)22(5)29(38)20(3)19-35(32,8)43-12/h13,20-21,23-24,26-28,31-32,34,40H,1,14-19H2,2-12H3/b25-22+/t20-,21-,23+,24-,26+,27-,28?,31-,32-,34+,35-,36+/m1/s1. The Bertz CT molecular complexity index is 1170. The molecule has 2 saturated heterocycles. The van der Waals surface area contributed by atoms with Crippen molar-refractivity contribution in [3.63, 3.8) is 0 Å². The number of fused-ring (bicyclic) bond motifs is 1. The minimum Gasteiger partial charge on any atom is -0.458 e. The molecule has 0 radical (unpaired) electrons. The number of ether oxygens (including phenoxy) is 6. The zero-order chi connectivity index (χ0) is 35.4. The normalized spacial score (nSPS) is 42.6. The van der Waals surface area contributed by atoms with E-state index in [9.17, 15) is 19.5 Å². The van der Waals surface area contributed by atoms with E-state index in [1.807, 2.05) is 40.8 Å². The molecule has 0 aromatic heterocycles. The molecule has 0 aromatic carbocycles. The van der Waals surface area contributed by atoms with E-state index >= 15 is 0 Å². The lowest BCUT2D eigenvalue weighted by atomic mass is 9.76. The maximum absolute atomic E-state index is 14.1. The molecule has 0 bridgehead atoms. The molecule has 0 aromatic rings. The van der Waals surface area contributed by atoms with E-state index in [-0.39, 0.29) is 24.3 Å². The molecule has 0 saturated carbocycles. The number of cyclic esters (lactones) is 1. The van der Waals surface area contributed by atoms with Crippen LogP contribution in [0.1, 0.15) is 87.5 Å². The minimum absolute atomic E-state index is 0.120. The van der Waals surface area contributed by atoms with Crippen LogP contribution in [0.25, 0.3) is 0 Å². The van der Waals surface area contributed by atoms with Gasteiger partial charge in [0, 0.05) is 45.1 Å². The number of carbonyl (C=O) groups is 3. The van der Waals surface area contributed by atoms with Gasteiger partial charge in [-0.3, -0.25) is 14.4 Å². The Morgan fingerprint density at radius 3 is 2.36 bits per heavy atom. The highest BCUT2D eigenvalue weighted by Crippen LogP contribution is 2.44. The van der Waals surface area contributed by atoms with Crippen molar-refractivity contribution in [3.8, 4) is 0 Å². The molecular weight excluding hydrogens is 606 g/mol. The number of hydrogen-bond donors (Lipinski definition) is 1. The Balaban J connectivity index is 2.10. The van der Waals surface area contributed by atoms with Crippen molar-refractivity contribution in [2.75, 3.05) is 27.8 Å². The van der Waals surface area contributed by atoms with Crippen LogP contribution in [0.5, 0.6) is 0 Å². The summed E-state index contributed by atoms with van der Waals surface area (Å²) < 4.78 is 36.8. The van der Waals surface area contributed by atoms with E-state index in [2.05, 4.69) is 11.5 Å². The number of Topliss-reactive ketones (excluding diaryl/α,β-unsaturated/α-hetero) is 2. The molecule has 47 heavy (non-hydrogen) atoms. The Labute approximate surface area is 281 Å². The lowest BCUT2D eigenvalue weighted by Gasteiger charge is -2.47. The molecule has 3 aliphatic rings. The Hall–Kier alpha value is -1.99. The lowest BCUT2D eigenvalue weighted by molar-refractivity contribution is -0.296. The van der Waals surface area contributed by atoms with E-state index < -0.39 is 71.6 Å². The smallest absolute Gasteiger partial charge is 0.316 e. The van der Waals surface area contributed by atoms with Crippen LogP contribution >= 0.6 is 0 Å². The molecule has 1 unspecified atom stereocenters. The van der Waals surface area contributed by atoms with E-state index in [1.165, 1.54) is 21.1 Å². The van der Waals surface area contributed by atoms with Crippen molar-refractivity contribution in [2.24, 2.45) is 17.8 Å². The molecule has 0 spiro atoms. The van der Waals surface area contributed by atoms with Gasteiger partial charge in [-0.2, -0.15) is 0 Å². The zero-order valence-corrected chi connectivity index (χ0v) is 30.4. The third-order valence-corrected chi connectivity index (χ3v) is 10.7. The molecule has 3 rings (SSSR count). The third kappa shape index (κ3) is 8.25. The Morgan fingerprint density at radius 1 is 1.13 bits per heavy atom. The van der Waals surface area contributed by atoms with Gasteiger partial charge in [0.2, 0.25) is 0 Å². The average Bonchev–Trinajstić information content (AvgIpc) is 3.40. The maximum atomic E-state index is 14.1. The molecule has 1 N–H and O–H groups in total. The minimum atomic E-state index is -1.20. The number of aliphatic hydroxyl groups is 1. The number of methoxy groups -OCH3 is 2. The first kappa shape index (κ1) is 39.4. The van der Waals surface area contributed by atoms with Crippen LogP contribution in [0.3, 0.4) is 0 Å². The predicted octanol–water partition coefficient (Wildman–Crippen LogP) is 4.39. The highest BCUT2D eigenvalue weighted by molar-refractivity contribution is 6.00. The van der Waals surface area contributed by atoms with Gasteiger partial charge in [-0.15, -0.1) is 6.58 Å². The van der Waals surface area contributed by atoms with Gasteiger partial charge in [0.1, 0.15) is 23.7 Å². The van der Waals surface area contributed by atoms with Gasteiger partial charge in [0.15, 0.2) is 24.1 Å². The number of likely N-dealkylation sites (N-methyl/N-ethyl adjacent to an activating group) is 1. The molecule has 0 amide bonds. The molecule has 3 heterocycles. The van der Waals surface area contributed by atoms with Crippen LogP contribution in [0.4, 0.5) is 0 Å². The molecule has 3 aliphatic heterocycles. The Kier molecular flexibility index (Phi) is 13.6. The largest absolute Gasteiger partial charge is 0.458 e. The summed E-state index contributed by atoms with van der Waals surface area (Å²) in [7, 11) is 4.99. The maximum Gasteiger partial charge on any atom is 0.316 e. The molecule has 0 aliphatic carbocycles.